The molecule has 6 nitrogen and oxygen atoms in total. The molecule has 1 aromatic carbocycles. The van der Waals surface area contributed by atoms with Crippen LogP contribution in [0.3, 0.4) is 0 Å². The highest BCUT2D eigenvalue weighted by atomic mass is 16.7. The van der Waals surface area contributed by atoms with Gasteiger partial charge in [0.2, 0.25) is 0 Å². The topological polar surface area (TPSA) is 72.9 Å². The summed E-state index contributed by atoms with van der Waals surface area (Å²) >= 11 is 0. The molecule has 2 rings (SSSR count). The minimum atomic E-state index is -0.789. The van der Waals surface area contributed by atoms with Crippen LogP contribution in [-0.4, -0.2) is 29.5 Å². The number of para-hydroxylation sites is 1. The quantitative estimate of drug-likeness (QED) is 0.767. The molecular formula is C13H15NO5. The summed E-state index contributed by atoms with van der Waals surface area (Å²) in [6.07, 6.45) is 0.150. The number of hydrogen-bond donors (Lipinski definition) is 0. The standard InChI is InChI=1S/C12H11NO5.CH4/c14-10-6-7-11(15)13(10)18-12(16)8-17-9-4-2-1-3-5-9;/h1-5H,6-8H2;1H4. The van der Waals surface area contributed by atoms with Gasteiger partial charge < -0.3 is 9.57 Å². The summed E-state index contributed by atoms with van der Waals surface area (Å²) < 4.78 is 5.12. The lowest BCUT2D eigenvalue weighted by atomic mass is 10.3. The van der Waals surface area contributed by atoms with Gasteiger partial charge in [0.05, 0.1) is 0 Å². The fourth-order valence-electron chi connectivity index (χ4n) is 1.45. The lowest BCUT2D eigenvalue weighted by molar-refractivity contribution is -0.198. The Morgan fingerprint density at radius 2 is 1.68 bits per heavy atom. The van der Waals surface area contributed by atoms with E-state index in [1.54, 1.807) is 24.3 Å². The molecule has 102 valence electrons. The van der Waals surface area contributed by atoms with Crippen molar-refractivity contribution in [1.82, 2.24) is 5.06 Å². The van der Waals surface area contributed by atoms with Crippen molar-refractivity contribution in [1.29, 1.82) is 0 Å². The largest absolute Gasteiger partial charge is 0.482 e. The van der Waals surface area contributed by atoms with Gasteiger partial charge in [0.25, 0.3) is 11.8 Å². The number of rotatable bonds is 4. The molecule has 0 aromatic heterocycles. The second-order valence-electron chi connectivity index (χ2n) is 3.65. The summed E-state index contributed by atoms with van der Waals surface area (Å²) in [4.78, 5) is 38.4. The number of nitrogens with zero attached hydrogens (tertiary/aromatic N) is 1. The van der Waals surface area contributed by atoms with Gasteiger partial charge in [-0.05, 0) is 12.1 Å². The van der Waals surface area contributed by atoms with Crippen molar-refractivity contribution in [3.63, 3.8) is 0 Å². The van der Waals surface area contributed by atoms with Gasteiger partial charge >= 0.3 is 5.97 Å². The normalized spacial score (nSPS) is 14.0. The minimum absolute atomic E-state index is 0. The van der Waals surface area contributed by atoms with Crippen LogP contribution in [0.25, 0.3) is 0 Å². The number of hydroxylamine groups is 2. The van der Waals surface area contributed by atoms with E-state index >= 15 is 0 Å². The first-order chi connectivity index (χ1) is 8.66. The lowest BCUT2D eigenvalue weighted by Gasteiger charge is -2.12. The van der Waals surface area contributed by atoms with Crippen LogP contribution >= 0.6 is 0 Å². The second-order valence-corrected chi connectivity index (χ2v) is 3.65. The molecule has 19 heavy (non-hydrogen) atoms. The van der Waals surface area contributed by atoms with E-state index in [1.807, 2.05) is 6.07 Å². The SMILES string of the molecule is C.O=C(COc1ccccc1)ON1C(=O)CCC1=O. The summed E-state index contributed by atoms with van der Waals surface area (Å²) in [6.45, 7) is -0.360. The first-order valence-corrected chi connectivity index (χ1v) is 5.41. The number of ether oxygens (including phenoxy) is 1. The maximum Gasteiger partial charge on any atom is 0.370 e. The Kier molecular flexibility index (Phi) is 5.05. The molecule has 1 aliphatic heterocycles. The Morgan fingerprint density at radius 3 is 2.26 bits per heavy atom. The molecular weight excluding hydrogens is 250 g/mol. The van der Waals surface area contributed by atoms with Gasteiger partial charge in [0.15, 0.2) is 6.61 Å². The van der Waals surface area contributed by atoms with Crippen molar-refractivity contribution < 1.29 is 24.0 Å². The molecule has 0 spiro atoms. The Morgan fingerprint density at radius 1 is 1.11 bits per heavy atom. The number of benzene rings is 1. The van der Waals surface area contributed by atoms with Gasteiger partial charge in [0.1, 0.15) is 5.75 Å². The number of amides is 2. The van der Waals surface area contributed by atoms with Crippen LogP contribution in [0.15, 0.2) is 30.3 Å². The van der Waals surface area contributed by atoms with E-state index in [9.17, 15) is 14.4 Å². The molecule has 2 amide bonds. The highest BCUT2D eigenvalue weighted by Crippen LogP contribution is 2.13. The maximum atomic E-state index is 11.4. The van der Waals surface area contributed by atoms with Crippen LogP contribution in [0.1, 0.15) is 20.3 Å². The molecule has 1 aliphatic rings. The van der Waals surface area contributed by atoms with E-state index in [4.69, 9.17) is 4.74 Å². The van der Waals surface area contributed by atoms with Gasteiger partial charge in [-0.1, -0.05) is 25.6 Å². The summed E-state index contributed by atoms with van der Waals surface area (Å²) in [6, 6.07) is 8.69. The molecule has 0 N–H and O–H groups in total. The van der Waals surface area contributed by atoms with Crippen LogP contribution in [0.5, 0.6) is 5.75 Å². The fraction of sp³-hybridized carbons (Fsp3) is 0.308. The van der Waals surface area contributed by atoms with Crippen LogP contribution in [-0.2, 0) is 19.2 Å². The van der Waals surface area contributed by atoms with Crippen molar-refractivity contribution in [3.05, 3.63) is 30.3 Å². The second kappa shape index (κ2) is 6.53. The molecule has 0 atom stereocenters. The van der Waals surface area contributed by atoms with Gasteiger partial charge in [-0.25, -0.2) is 4.79 Å². The molecule has 1 heterocycles. The van der Waals surface area contributed by atoms with Gasteiger partial charge in [-0.2, -0.15) is 0 Å². The zero-order valence-electron chi connectivity index (χ0n) is 9.50. The first kappa shape index (κ1) is 14.7. The summed E-state index contributed by atoms with van der Waals surface area (Å²) in [5, 5.41) is 0.497. The van der Waals surface area contributed by atoms with Crippen molar-refractivity contribution in [2.24, 2.45) is 0 Å². The molecule has 0 bridgehead atoms. The Hall–Kier alpha value is -2.37. The van der Waals surface area contributed by atoms with Crippen molar-refractivity contribution in [3.8, 4) is 5.75 Å². The lowest BCUT2D eigenvalue weighted by Crippen LogP contribution is -2.33. The molecule has 0 aliphatic carbocycles. The average Bonchev–Trinajstić information content (AvgIpc) is 2.69. The zero-order chi connectivity index (χ0) is 13.0. The highest BCUT2D eigenvalue weighted by Gasteiger charge is 2.32. The number of imide groups is 1. The van der Waals surface area contributed by atoms with Crippen molar-refractivity contribution in [2.45, 2.75) is 20.3 Å². The summed E-state index contributed by atoms with van der Waals surface area (Å²) in [7, 11) is 0. The smallest absolute Gasteiger partial charge is 0.370 e. The van der Waals surface area contributed by atoms with Crippen LogP contribution in [0.2, 0.25) is 0 Å². The molecule has 0 unspecified atom stereocenters. The number of hydrogen-bond acceptors (Lipinski definition) is 5. The van der Waals surface area contributed by atoms with E-state index in [0.717, 1.165) is 0 Å². The first-order valence-electron chi connectivity index (χ1n) is 5.41. The molecule has 6 heteroatoms. The Balaban J connectivity index is 0.00000180. The monoisotopic (exact) mass is 265 g/mol. The Bertz CT molecular complexity index is 455. The molecule has 1 saturated heterocycles. The fourth-order valence-corrected chi connectivity index (χ4v) is 1.45. The zero-order valence-corrected chi connectivity index (χ0v) is 9.50. The van der Waals surface area contributed by atoms with Crippen LogP contribution in [0, 0.1) is 0 Å². The van der Waals surface area contributed by atoms with E-state index in [1.165, 1.54) is 0 Å². The van der Waals surface area contributed by atoms with E-state index in [2.05, 4.69) is 4.84 Å². The Labute approximate surface area is 110 Å². The third-order valence-electron chi connectivity index (χ3n) is 2.30. The van der Waals surface area contributed by atoms with Crippen molar-refractivity contribution in [2.75, 3.05) is 6.61 Å². The molecule has 0 radical (unpaired) electrons. The van der Waals surface area contributed by atoms with E-state index in [-0.39, 0.29) is 26.9 Å². The van der Waals surface area contributed by atoms with E-state index in [0.29, 0.717) is 10.8 Å². The third-order valence-corrected chi connectivity index (χ3v) is 2.30. The summed E-state index contributed by atoms with van der Waals surface area (Å²) in [5.74, 6) is -1.29. The minimum Gasteiger partial charge on any atom is -0.482 e. The van der Waals surface area contributed by atoms with Gasteiger partial charge in [-0.3, -0.25) is 9.59 Å². The van der Waals surface area contributed by atoms with Gasteiger partial charge in [0, 0.05) is 12.8 Å². The third kappa shape index (κ3) is 3.80. The van der Waals surface area contributed by atoms with Gasteiger partial charge in [-0.15, -0.1) is 5.06 Å². The maximum absolute atomic E-state index is 11.4. The molecule has 1 aromatic rings. The number of carbonyl (C=O) groups excluding carboxylic acids is 3. The number of carbonyl (C=O) groups is 3. The van der Waals surface area contributed by atoms with E-state index < -0.39 is 17.8 Å². The average molecular weight is 265 g/mol. The van der Waals surface area contributed by atoms with Crippen LogP contribution < -0.4 is 4.74 Å². The molecule has 1 fully saturated rings. The van der Waals surface area contributed by atoms with Crippen LogP contribution in [0.4, 0.5) is 0 Å². The highest BCUT2D eigenvalue weighted by molar-refractivity contribution is 6.01. The van der Waals surface area contributed by atoms with Crippen molar-refractivity contribution >= 4 is 17.8 Å². The summed E-state index contributed by atoms with van der Waals surface area (Å²) in [5.41, 5.74) is 0. The molecule has 0 saturated carbocycles. The predicted octanol–water partition coefficient (Wildman–Crippen LogP) is 1.31. The predicted molar refractivity (Wildman–Crippen MR) is 65.8 cm³/mol.